The Morgan fingerprint density at radius 3 is 2.75 bits per heavy atom. The van der Waals surface area contributed by atoms with Gasteiger partial charge in [0.05, 0.1) is 23.9 Å². The minimum Gasteiger partial charge on any atom is -0.481 e. The molecule has 0 spiro atoms. The molecular formula is C12H14N4O3S. The van der Waals surface area contributed by atoms with Gasteiger partial charge in [-0.15, -0.1) is 0 Å². The number of hydrogen-bond donors (Lipinski definition) is 1. The molecule has 2 heterocycles. The number of nitrogens with zero attached hydrogens (tertiary/aromatic N) is 3. The molecule has 0 atom stereocenters. The molecule has 8 heteroatoms. The SMILES string of the molecule is COc1cnc(SCc2ncc(C)c([N+](=O)[O-])c2C)[nH]1. The third kappa shape index (κ3) is 2.90. The lowest BCUT2D eigenvalue weighted by atomic mass is 10.1. The van der Waals surface area contributed by atoms with Crippen molar-refractivity contribution in [1.29, 1.82) is 0 Å². The van der Waals surface area contributed by atoms with Gasteiger partial charge in [0.1, 0.15) is 0 Å². The van der Waals surface area contributed by atoms with Crippen LogP contribution in [0.25, 0.3) is 0 Å². The maximum atomic E-state index is 11.0. The van der Waals surface area contributed by atoms with Gasteiger partial charge in [-0.2, -0.15) is 0 Å². The quantitative estimate of drug-likeness (QED) is 0.517. The molecule has 20 heavy (non-hydrogen) atoms. The molecule has 0 unspecified atom stereocenters. The summed E-state index contributed by atoms with van der Waals surface area (Å²) in [5, 5.41) is 11.7. The average Bonchev–Trinajstić information content (AvgIpc) is 2.85. The van der Waals surface area contributed by atoms with Crippen molar-refractivity contribution >= 4 is 17.4 Å². The van der Waals surface area contributed by atoms with Crippen molar-refractivity contribution in [3.05, 3.63) is 39.3 Å². The predicted molar refractivity (Wildman–Crippen MR) is 75.1 cm³/mol. The van der Waals surface area contributed by atoms with Crippen LogP contribution in [0.15, 0.2) is 17.6 Å². The van der Waals surface area contributed by atoms with Crippen LogP contribution in [-0.2, 0) is 5.75 Å². The molecule has 2 aromatic rings. The molecule has 0 aliphatic heterocycles. The fourth-order valence-electron chi connectivity index (χ4n) is 1.79. The number of aromatic nitrogens is 3. The van der Waals surface area contributed by atoms with Gasteiger partial charge in [-0.3, -0.25) is 15.1 Å². The first kappa shape index (κ1) is 14.3. The summed E-state index contributed by atoms with van der Waals surface area (Å²) in [6.45, 7) is 3.41. The molecule has 7 nitrogen and oxygen atoms in total. The molecule has 106 valence electrons. The summed E-state index contributed by atoms with van der Waals surface area (Å²) >= 11 is 1.42. The van der Waals surface area contributed by atoms with E-state index < -0.39 is 0 Å². The van der Waals surface area contributed by atoms with Crippen LogP contribution in [0.5, 0.6) is 5.88 Å². The highest BCUT2D eigenvalue weighted by Crippen LogP contribution is 2.28. The predicted octanol–water partition coefficient (Wildman–Crippen LogP) is 2.63. The summed E-state index contributed by atoms with van der Waals surface area (Å²) in [5.41, 5.74) is 1.98. The topological polar surface area (TPSA) is 93.9 Å². The molecule has 1 N–H and O–H groups in total. The van der Waals surface area contributed by atoms with Crippen molar-refractivity contribution in [3.63, 3.8) is 0 Å². The van der Waals surface area contributed by atoms with E-state index in [4.69, 9.17) is 4.74 Å². The Bertz CT molecular complexity index is 642. The molecule has 0 amide bonds. The van der Waals surface area contributed by atoms with Crippen LogP contribution in [0.2, 0.25) is 0 Å². The molecule has 0 bridgehead atoms. The van der Waals surface area contributed by atoms with Crippen molar-refractivity contribution in [2.45, 2.75) is 24.8 Å². The van der Waals surface area contributed by atoms with Gasteiger partial charge in [0.2, 0.25) is 5.88 Å². The number of nitrogens with one attached hydrogen (secondary N) is 1. The maximum absolute atomic E-state index is 11.0. The summed E-state index contributed by atoms with van der Waals surface area (Å²) in [5.74, 6) is 1.08. The number of hydrogen-bond acceptors (Lipinski definition) is 6. The number of nitro groups is 1. The van der Waals surface area contributed by atoms with E-state index in [1.165, 1.54) is 18.0 Å². The number of rotatable bonds is 5. The largest absolute Gasteiger partial charge is 0.481 e. The number of imidazole rings is 1. The molecule has 0 saturated heterocycles. The molecule has 0 saturated carbocycles. The zero-order valence-electron chi connectivity index (χ0n) is 11.3. The Morgan fingerprint density at radius 1 is 1.40 bits per heavy atom. The maximum Gasteiger partial charge on any atom is 0.278 e. The van der Waals surface area contributed by atoms with Crippen molar-refractivity contribution in [1.82, 2.24) is 15.0 Å². The summed E-state index contributed by atoms with van der Waals surface area (Å²) in [4.78, 5) is 22.0. The third-order valence-electron chi connectivity index (χ3n) is 2.85. The molecular weight excluding hydrogens is 280 g/mol. The van der Waals surface area contributed by atoms with Crippen LogP contribution in [0, 0.1) is 24.0 Å². The third-order valence-corrected chi connectivity index (χ3v) is 3.75. The lowest BCUT2D eigenvalue weighted by Crippen LogP contribution is -2.01. The van der Waals surface area contributed by atoms with Crippen molar-refractivity contribution in [2.75, 3.05) is 7.11 Å². The van der Waals surface area contributed by atoms with Crippen LogP contribution >= 0.6 is 11.8 Å². The summed E-state index contributed by atoms with van der Waals surface area (Å²) in [7, 11) is 1.55. The van der Waals surface area contributed by atoms with E-state index in [2.05, 4.69) is 15.0 Å². The van der Waals surface area contributed by atoms with Crippen LogP contribution in [0.3, 0.4) is 0 Å². The van der Waals surface area contributed by atoms with Gasteiger partial charge in [-0.05, 0) is 13.8 Å². The number of pyridine rings is 1. The minimum absolute atomic E-state index is 0.132. The first-order valence-electron chi connectivity index (χ1n) is 5.84. The van der Waals surface area contributed by atoms with Gasteiger partial charge in [-0.25, -0.2) is 4.98 Å². The van der Waals surface area contributed by atoms with Gasteiger partial charge in [0, 0.05) is 23.1 Å². The van der Waals surface area contributed by atoms with Gasteiger partial charge >= 0.3 is 0 Å². The normalized spacial score (nSPS) is 10.6. The summed E-state index contributed by atoms with van der Waals surface area (Å²) in [6, 6.07) is 0. The summed E-state index contributed by atoms with van der Waals surface area (Å²) in [6.07, 6.45) is 3.12. The van der Waals surface area contributed by atoms with Gasteiger partial charge in [0.15, 0.2) is 5.16 Å². The smallest absolute Gasteiger partial charge is 0.278 e. The number of ether oxygens (including phenoxy) is 1. The van der Waals surface area contributed by atoms with E-state index in [1.54, 1.807) is 27.2 Å². The molecule has 0 aromatic carbocycles. The monoisotopic (exact) mass is 294 g/mol. The van der Waals surface area contributed by atoms with E-state index in [0.29, 0.717) is 33.6 Å². The average molecular weight is 294 g/mol. The Kier molecular flexibility index (Phi) is 4.23. The van der Waals surface area contributed by atoms with Crippen molar-refractivity contribution in [3.8, 4) is 5.88 Å². The number of H-pyrrole nitrogens is 1. The molecule has 0 radical (unpaired) electrons. The molecule has 0 aliphatic carbocycles. The fourth-order valence-corrected chi connectivity index (χ4v) is 2.66. The number of aryl methyl sites for hydroxylation is 1. The van der Waals surface area contributed by atoms with Gasteiger partial charge in [0.25, 0.3) is 5.69 Å². The van der Waals surface area contributed by atoms with Gasteiger partial charge < -0.3 is 9.72 Å². The van der Waals surface area contributed by atoms with Crippen LogP contribution in [0.1, 0.15) is 16.8 Å². The highest BCUT2D eigenvalue weighted by molar-refractivity contribution is 7.98. The Morgan fingerprint density at radius 2 is 2.15 bits per heavy atom. The molecule has 2 aromatic heterocycles. The lowest BCUT2D eigenvalue weighted by molar-refractivity contribution is -0.386. The van der Waals surface area contributed by atoms with Crippen molar-refractivity contribution in [2.24, 2.45) is 0 Å². The zero-order chi connectivity index (χ0) is 14.7. The van der Waals surface area contributed by atoms with E-state index in [1.807, 2.05) is 0 Å². The number of thioether (sulfide) groups is 1. The second kappa shape index (κ2) is 5.91. The van der Waals surface area contributed by atoms with E-state index in [9.17, 15) is 10.1 Å². The summed E-state index contributed by atoms with van der Waals surface area (Å²) < 4.78 is 5.00. The number of methoxy groups -OCH3 is 1. The Hall–Kier alpha value is -2.09. The number of aromatic amines is 1. The second-order valence-corrected chi connectivity index (χ2v) is 5.13. The lowest BCUT2D eigenvalue weighted by Gasteiger charge is -2.06. The molecule has 0 aliphatic rings. The van der Waals surface area contributed by atoms with E-state index >= 15 is 0 Å². The van der Waals surface area contributed by atoms with Crippen LogP contribution < -0.4 is 4.74 Å². The zero-order valence-corrected chi connectivity index (χ0v) is 12.2. The minimum atomic E-state index is -0.365. The highest BCUT2D eigenvalue weighted by atomic mass is 32.2. The van der Waals surface area contributed by atoms with E-state index in [0.717, 1.165) is 0 Å². The van der Waals surface area contributed by atoms with Crippen molar-refractivity contribution < 1.29 is 9.66 Å². The fraction of sp³-hybridized carbons (Fsp3) is 0.333. The van der Waals surface area contributed by atoms with E-state index in [-0.39, 0.29) is 10.6 Å². The highest BCUT2D eigenvalue weighted by Gasteiger charge is 2.18. The van der Waals surface area contributed by atoms with Gasteiger partial charge in [-0.1, -0.05) is 11.8 Å². The Labute approximate surface area is 119 Å². The first-order valence-corrected chi connectivity index (χ1v) is 6.82. The van der Waals surface area contributed by atoms with Crippen LogP contribution in [-0.4, -0.2) is 27.0 Å². The Balaban J connectivity index is 2.17. The second-order valence-electron chi connectivity index (χ2n) is 4.16. The van der Waals surface area contributed by atoms with Crippen LogP contribution in [0.4, 0.5) is 5.69 Å². The standard InChI is InChI=1S/C12H14N4O3S/c1-7-4-13-9(8(2)11(7)16(17)18)6-20-12-14-5-10(15-12)19-3/h4-5H,6H2,1-3H3,(H,14,15). The molecule has 0 fully saturated rings. The molecule has 2 rings (SSSR count). The first-order chi connectivity index (χ1) is 9.52.